The van der Waals surface area contributed by atoms with Gasteiger partial charge in [0, 0.05) is 37.1 Å². The molecule has 0 aliphatic heterocycles. The Bertz CT molecular complexity index is 774. The van der Waals surface area contributed by atoms with Crippen LogP contribution in [0.3, 0.4) is 0 Å². The molecule has 0 radical (unpaired) electrons. The maximum absolute atomic E-state index is 12.2. The van der Waals surface area contributed by atoms with E-state index in [-0.39, 0.29) is 5.91 Å². The number of nitrogens with zero attached hydrogens (tertiary/aromatic N) is 4. The molecule has 3 rings (SSSR count). The molecule has 21 heavy (non-hydrogen) atoms. The van der Waals surface area contributed by atoms with Gasteiger partial charge in [-0.15, -0.1) is 0 Å². The third-order valence-corrected chi connectivity index (χ3v) is 3.33. The molecule has 108 valence electrons. The fourth-order valence-corrected chi connectivity index (χ4v) is 2.21. The molecule has 7 heteroatoms. The average molecular weight is 284 g/mol. The Kier molecular flexibility index (Phi) is 3.39. The van der Waals surface area contributed by atoms with Crippen LogP contribution in [0.15, 0.2) is 24.8 Å². The first-order valence-electron chi connectivity index (χ1n) is 6.72. The normalized spacial score (nSPS) is 11.0. The quantitative estimate of drug-likeness (QED) is 0.749. The average Bonchev–Trinajstić information content (AvgIpc) is 3.08. The maximum Gasteiger partial charge on any atom is 0.254 e. The fourth-order valence-electron chi connectivity index (χ4n) is 2.21. The van der Waals surface area contributed by atoms with E-state index in [1.54, 1.807) is 23.2 Å². The highest BCUT2D eigenvalue weighted by molar-refractivity contribution is 5.95. The Morgan fingerprint density at radius 1 is 1.38 bits per heavy atom. The van der Waals surface area contributed by atoms with E-state index >= 15 is 0 Å². The van der Waals surface area contributed by atoms with Crippen LogP contribution in [0.5, 0.6) is 0 Å². The van der Waals surface area contributed by atoms with Gasteiger partial charge in [-0.2, -0.15) is 5.10 Å². The van der Waals surface area contributed by atoms with Crippen LogP contribution < -0.4 is 5.32 Å². The van der Waals surface area contributed by atoms with E-state index in [4.69, 9.17) is 0 Å². The first-order valence-corrected chi connectivity index (χ1v) is 6.72. The molecule has 0 atom stereocenters. The number of imidazole rings is 1. The van der Waals surface area contributed by atoms with E-state index in [0.717, 1.165) is 22.7 Å². The van der Waals surface area contributed by atoms with Gasteiger partial charge in [-0.05, 0) is 13.8 Å². The van der Waals surface area contributed by atoms with Gasteiger partial charge in [-0.25, -0.2) is 14.5 Å². The second-order valence-electron chi connectivity index (χ2n) is 4.90. The van der Waals surface area contributed by atoms with Crippen LogP contribution in [0.4, 0.5) is 0 Å². The summed E-state index contributed by atoms with van der Waals surface area (Å²) in [6.07, 6.45) is 5.68. The number of fused-ring (bicyclic) bond motifs is 1. The summed E-state index contributed by atoms with van der Waals surface area (Å²) in [7, 11) is 0. The first kappa shape index (κ1) is 13.3. The number of aromatic amines is 1. The van der Waals surface area contributed by atoms with Gasteiger partial charge >= 0.3 is 0 Å². The van der Waals surface area contributed by atoms with Crippen LogP contribution in [0.2, 0.25) is 0 Å². The highest BCUT2D eigenvalue weighted by Gasteiger charge is 2.13. The molecule has 0 aromatic carbocycles. The number of rotatable bonds is 4. The van der Waals surface area contributed by atoms with Crippen molar-refractivity contribution in [3.8, 4) is 0 Å². The highest BCUT2D eigenvalue weighted by Crippen LogP contribution is 2.10. The van der Waals surface area contributed by atoms with Crippen LogP contribution in [0.1, 0.15) is 27.4 Å². The highest BCUT2D eigenvalue weighted by atomic mass is 16.1. The third-order valence-electron chi connectivity index (χ3n) is 3.33. The lowest BCUT2D eigenvalue weighted by Crippen LogP contribution is -2.27. The van der Waals surface area contributed by atoms with Crippen LogP contribution >= 0.6 is 0 Å². The third kappa shape index (κ3) is 2.62. The first-order chi connectivity index (χ1) is 10.1. The number of hydrogen-bond donors (Lipinski definition) is 2. The van der Waals surface area contributed by atoms with Gasteiger partial charge in [-0.1, -0.05) is 0 Å². The topological polar surface area (TPSA) is 88.0 Å². The number of H-pyrrole nitrogens is 1. The van der Waals surface area contributed by atoms with Crippen molar-refractivity contribution in [2.75, 3.05) is 6.54 Å². The minimum absolute atomic E-state index is 0.144. The molecule has 3 aromatic heterocycles. The molecule has 0 spiro atoms. The molecule has 0 fully saturated rings. The van der Waals surface area contributed by atoms with Crippen molar-refractivity contribution in [1.29, 1.82) is 0 Å². The largest absolute Gasteiger partial charge is 0.352 e. The number of carbonyl (C=O) groups excluding carboxylic acids is 1. The number of amides is 1. The zero-order valence-electron chi connectivity index (χ0n) is 11.9. The van der Waals surface area contributed by atoms with Gasteiger partial charge in [0.05, 0.1) is 23.3 Å². The van der Waals surface area contributed by atoms with Gasteiger partial charge < -0.3 is 10.3 Å². The number of aromatic nitrogens is 5. The second kappa shape index (κ2) is 5.35. The summed E-state index contributed by atoms with van der Waals surface area (Å²) < 4.78 is 1.69. The Labute approximate surface area is 121 Å². The van der Waals surface area contributed by atoms with Crippen molar-refractivity contribution in [3.63, 3.8) is 0 Å². The van der Waals surface area contributed by atoms with Crippen molar-refractivity contribution in [1.82, 2.24) is 29.9 Å². The Morgan fingerprint density at radius 2 is 2.24 bits per heavy atom. The zero-order valence-corrected chi connectivity index (χ0v) is 11.9. The molecule has 0 aliphatic carbocycles. The van der Waals surface area contributed by atoms with Crippen LogP contribution in [-0.4, -0.2) is 37.0 Å². The van der Waals surface area contributed by atoms with Crippen molar-refractivity contribution in [2.24, 2.45) is 0 Å². The molecular formula is C14H16N6O. The molecule has 1 amide bonds. The number of nitrogens with one attached hydrogen (secondary N) is 2. The van der Waals surface area contributed by atoms with Gasteiger partial charge in [0.2, 0.25) is 0 Å². The monoisotopic (exact) mass is 284 g/mol. The Balaban J connectivity index is 1.73. The lowest BCUT2D eigenvalue weighted by Gasteiger charge is -2.08. The van der Waals surface area contributed by atoms with Crippen molar-refractivity contribution >= 4 is 11.6 Å². The van der Waals surface area contributed by atoms with Crippen molar-refractivity contribution < 1.29 is 4.79 Å². The summed E-state index contributed by atoms with van der Waals surface area (Å²) in [5, 5.41) is 7.22. The molecular weight excluding hydrogens is 268 g/mol. The molecule has 0 bridgehead atoms. The number of aryl methyl sites for hydroxylation is 2. The predicted octanol–water partition coefficient (Wildman–Crippen LogP) is 1.04. The summed E-state index contributed by atoms with van der Waals surface area (Å²) >= 11 is 0. The van der Waals surface area contributed by atoms with Crippen molar-refractivity contribution in [3.05, 3.63) is 47.4 Å². The summed E-state index contributed by atoms with van der Waals surface area (Å²) in [4.78, 5) is 23.4. The van der Waals surface area contributed by atoms with E-state index in [0.29, 0.717) is 18.5 Å². The molecule has 7 nitrogen and oxygen atoms in total. The molecule has 2 N–H and O–H groups in total. The molecule has 0 saturated carbocycles. The number of carbonyl (C=O) groups is 1. The minimum atomic E-state index is -0.144. The van der Waals surface area contributed by atoms with E-state index in [2.05, 4.69) is 25.4 Å². The molecule has 0 unspecified atom stereocenters. The van der Waals surface area contributed by atoms with E-state index in [1.165, 1.54) is 0 Å². The molecule has 3 aromatic rings. The van der Waals surface area contributed by atoms with E-state index < -0.39 is 0 Å². The van der Waals surface area contributed by atoms with Gasteiger partial charge in [0.1, 0.15) is 0 Å². The molecule has 3 heterocycles. The van der Waals surface area contributed by atoms with Crippen molar-refractivity contribution in [2.45, 2.75) is 20.3 Å². The minimum Gasteiger partial charge on any atom is -0.352 e. The van der Waals surface area contributed by atoms with Crippen LogP contribution in [0, 0.1) is 13.8 Å². The van der Waals surface area contributed by atoms with Crippen LogP contribution in [-0.2, 0) is 6.42 Å². The fraction of sp³-hybridized carbons (Fsp3) is 0.286. The summed E-state index contributed by atoms with van der Waals surface area (Å²) in [5.41, 5.74) is 3.94. The van der Waals surface area contributed by atoms with Gasteiger partial charge in [-0.3, -0.25) is 4.79 Å². The Hall–Kier alpha value is -2.70. The van der Waals surface area contributed by atoms with E-state index in [9.17, 15) is 4.79 Å². The predicted molar refractivity (Wildman–Crippen MR) is 77.1 cm³/mol. The second-order valence-corrected chi connectivity index (χ2v) is 4.90. The van der Waals surface area contributed by atoms with Gasteiger partial charge in [0.15, 0.2) is 5.65 Å². The zero-order chi connectivity index (χ0) is 14.8. The maximum atomic E-state index is 12.2. The molecule has 0 aliphatic rings. The van der Waals surface area contributed by atoms with Gasteiger partial charge in [0.25, 0.3) is 5.91 Å². The van der Waals surface area contributed by atoms with Crippen LogP contribution in [0.25, 0.3) is 5.65 Å². The summed E-state index contributed by atoms with van der Waals surface area (Å²) in [6.45, 7) is 4.31. The lowest BCUT2D eigenvalue weighted by molar-refractivity contribution is 0.0952. The molecule has 0 saturated heterocycles. The SMILES string of the molecule is Cc1cc2ncc(C(=O)NCCc3cnc[nH]3)c(C)n2n1. The lowest BCUT2D eigenvalue weighted by atomic mass is 10.2. The standard InChI is InChI=1S/C14H16N6O/c1-9-5-13-17-7-12(10(2)20(13)19-9)14(21)16-4-3-11-6-15-8-18-11/h5-8H,3-4H2,1-2H3,(H,15,18)(H,16,21). The summed E-state index contributed by atoms with van der Waals surface area (Å²) in [5.74, 6) is -0.144. The summed E-state index contributed by atoms with van der Waals surface area (Å²) in [6, 6.07) is 1.88. The smallest absolute Gasteiger partial charge is 0.254 e. The number of hydrogen-bond acceptors (Lipinski definition) is 4. The Morgan fingerprint density at radius 3 is 3.00 bits per heavy atom. The van der Waals surface area contributed by atoms with E-state index in [1.807, 2.05) is 19.9 Å².